The Morgan fingerprint density at radius 2 is 2.47 bits per heavy atom. The lowest BCUT2D eigenvalue weighted by atomic mass is 10.1. The lowest BCUT2D eigenvalue weighted by Crippen LogP contribution is -2.32. The van der Waals surface area contributed by atoms with E-state index in [-0.39, 0.29) is 11.9 Å². The number of nitrogens with zero attached hydrogens (tertiary/aromatic N) is 1. The monoisotopic (exact) mass is 210 g/mol. The van der Waals surface area contributed by atoms with Crippen LogP contribution in [0.1, 0.15) is 43.5 Å². The minimum atomic E-state index is -0.162. The number of amides is 1. The molecule has 0 radical (unpaired) electrons. The van der Waals surface area contributed by atoms with Gasteiger partial charge >= 0.3 is 0 Å². The number of carbonyl (C=O) groups excluding carboxylic acids is 1. The Labute approximate surface area is 89.4 Å². The Morgan fingerprint density at radius 3 is 3.00 bits per heavy atom. The molecule has 84 valence electrons. The molecule has 5 heteroatoms. The van der Waals surface area contributed by atoms with Gasteiger partial charge in [-0.25, -0.2) is 0 Å². The van der Waals surface area contributed by atoms with Crippen LogP contribution in [0.25, 0.3) is 0 Å². The molecule has 0 aliphatic rings. The number of hydrogen-bond donors (Lipinski definition) is 3. The van der Waals surface area contributed by atoms with Gasteiger partial charge in [-0.1, -0.05) is 19.8 Å². The van der Waals surface area contributed by atoms with Crippen molar-refractivity contribution in [3.63, 3.8) is 0 Å². The quantitative estimate of drug-likeness (QED) is 0.685. The van der Waals surface area contributed by atoms with E-state index >= 15 is 0 Å². The van der Waals surface area contributed by atoms with Gasteiger partial charge in [0.1, 0.15) is 11.4 Å². The maximum atomic E-state index is 11.6. The normalized spacial score (nSPS) is 12.4. The molecular formula is C10H18N4O. The minimum Gasteiger partial charge on any atom is -0.383 e. The fourth-order valence-corrected chi connectivity index (χ4v) is 1.36. The van der Waals surface area contributed by atoms with Crippen LogP contribution >= 0.6 is 0 Å². The standard InChI is InChI=1S/C10H18N4O/c1-3-4-5-7(2)13-10(15)8-6-12-14-9(8)11/h6-7H,3-5H2,1-2H3,(H,13,15)(H3,11,12,14). The molecule has 1 atom stereocenters. The van der Waals surface area contributed by atoms with Crippen molar-refractivity contribution in [3.8, 4) is 0 Å². The third-order valence-electron chi connectivity index (χ3n) is 2.28. The van der Waals surface area contributed by atoms with Crippen molar-refractivity contribution in [2.75, 3.05) is 5.73 Å². The van der Waals surface area contributed by atoms with Crippen LogP contribution in [-0.4, -0.2) is 22.1 Å². The molecule has 1 amide bonds. The topological polar surface area (TPSA) is 83.8 Å². The fraction of sp³-hybridized carbons (Fsp3) is 0.600. The van der Waals surface area contributed by atoms with Gasteiger partial charge < -0.3 is 11.1 Å². The van der Waals surface area contributed by atoms with Crippen molar-refractivity contribution < 1.29 is 4.79 Å². The zero-order valence-electron chi connectivity index (χ0n) is 9.21. The molecule has 1 aromatic heterocycles. The van der Waals surface area contributed by atoms with Crippen LogP contribution in [0.5, 0.6) is 0 Å². The van der Waals surface area contributed by atoms with Crippen LogP contribution in [0.2, 0.25) is 0 Å². The predicted molar refractivity (Wildman–Crippen MR) is 59.5 cm³/mol. The van der Waals surface area contributed by atoms with Crippen LogP contribution in [0.4, 0.5) is 5.82 Å². The van der Waals surface area contributed by atoms with Gasteiger partial charge in [-0.05, 0) is 13.3 Å². The Hall–Kier alpha value is -1.52. The van der Waals surface area contributed by atoms with Crippen molar-refractivity contribution in [3.05, 3.63) is 11.8 Å². The number of nitrogens with one attached hydrogen (secondary N) is 2. The molecule has 0 bridgehead atoms. The molecule has 0 saturated heterocycles. The number of carbonyl (C=O) groups is 1. The van der Waals surface area contributed by atoms with E-state index in [1.807, 2.05) is 6.92 Å². The van der Waals surface area contributed by atoms with E-state index < -0.39 is 0 Å². The van der Waals surface area contributed by atoms with Crippen LogP contribution < -0.4 is 11.1 Å². The predicted octanol–water partition coefficient (Wildman–Crippen LogP) is 1.30. The van der Waals surface area contributed by atoms with Crippen molar-refractivity contribution >= 4 is 11.7 Å². The minimum absolute atomic E-state index is 0.162. The fourth-order valence-electron chi connectivity index (χ4n) is 1.36. The van der Waals surface area contributed by atoms with Crippen molar-refractivity contribution in [2.24, 2.45) is 0 Å². The number of rotatable bonds is 5. The molecule has 0 aliphatic carbocycles. The van der Waals surface area contributed by atoms with Gasteiger partial charge in [0.25, 0.3) is 5.91 Å². The van der Waals surface area contributed by atoms with E-state index in [1.165, 1.54) is 6.20 Å². The summed E-state index contributed by atoms with van der Waals surface area (Å²) in [6, 6.07) is 0.173. The molecule has 0 aromatic carbocycles. The van der Waals surface area contributed by atoms with Crippen LogP contribution in [0.15, 0.2) is 6.20 Å². The van der Waals surface area contributed by atoms with Crippen molar-refractivity contribution in [1.82, 2.24) is 15.5 Å². The van der Waals surface area contributed by atoms with Crippen molar-refractivity contribution in [2.45, 2.75) is 39.2 Å². The Morgan fingerprint density at radius 1 is 1.73 bits per heavy atom. The van der Waals surface area contributed by atoms with Gasteiger partial charge in [0.15, 0.2) is 0 Å². The largest absolute Gasteiger partial charge is 0.383 e. The number of aromatic amines is 1. The van der Waals surface area contributed by atoms with Gasteiger partial charge in [-0.15, -0.1) is 0 Å². The molecule has 1 unspecified atom stereocenters. The van der Waals surface area contributed by atoms with Crippen molar-refractivity contribution in [1.29, 1.82) is 0 Å². The molecule has 0 spiro atoms. The number of nitrogens with two attached hydrogens (primary N) is 1. The van der Waals surface area contributed by atoms with Gasteiger partial charge in [-0.3, -0.25) is 9.89 Å². The molecular weight excluding hydrogens is 192 g/mol. The van der Waals surface area contributed by atoms with E-state index in [0.717, 1.165) is 19.3 Å². The zero-order chi connectivity index (χ0) is 11.3. The highest BCUT2D eigenvalue weighted by atomic mass is 16.1. The van der Waals surface area contributed by atoms with Crippen LogP contribution in [0, 0.1) is 0 Å². The summed E-state index contributed by atoms with van der Waals surface area (Å²) in [5.41, 5.74) is 5.95. The van der Waals surface area contributed by atoms with Gasteiger partial charge in [-0.2, -0.15) is 5.10 Å². The number of H-pyrrole nitrogens is 1. The summed E-state index contributed by atoms with van der Waals surface area (Å²) in [6.07, 6.45) is 4.67. The third-order valence-corrected chi connectivity index (χ3v) is 2.28. The van der Waals surface area contributed by atoms with E-state index in [2.05, 4.69) is 22.4 Å². The van der Waals surface area contributed by atoms with Crippen LogP contribution in [0.3, 0.4) is 0 Å². The summed E-state index contributed by atoms with van der Waals surface area (Å²) in [5, 5.41) is 9.11. The van der Waals surface area contributed by atoms with Gasteiger partial charge in [0, 0.05) is 6.04 Å². The van der Waals surface area contributed by atoms with E-state index in [1.54, 1.807) is 0 Å². The second-order valence-electron chi connectivity index (χ2n) is 3.71. The van der Waals surface area contributed by atoms with E-state index in [0.29, 0.717) is 11.4 Å². The number of unbranched alkanes of at least 4 members (excludes halogenated alkanes) is 1. The highest BCUT2D eigenvalue weighted by molar-refractivity contribution is 5.98. The van der Waals surface area contributed by atoms with E-state index in [9.17, 15) is 4.79 Å². The van der Waals surface area contributed by atoms with Gasteiger partial charge in [0.05, 0.1) is 6.20 Å². The van der Waals surface area contributed by atoms with E-state index in [4.69, 9.17) is 5.73 Å². The summed E-state index contributed by atoms with van der Waals surface area (Å²) in [6.45, 7) is 4.12. The number of hydrogen-bond acceptors (Lipinski definition) is 3. The molecule has 0 aliphatic heterocycles. The maximum Gasteiger partial charge on any atom is 0.256 e. The molecule has 1 rings (SSSR count). The second kappa shape index (κ2) is 5.38. The number of nitrogen functional groups attached to an aromatic ring is 1. The summed E-state index contributed by atoms with van der Waals surface area (Å²) < 4.78 is 0. The molecule has 5 nitrogen and oxygen atoms in total. The molecule has 0 saturated carbocycles. The SMILES string of the molecule is CCCCC(C)NC(=O)c1cn[nH]c1N. The smallest absolute Gasteiger partial charge is 0.256 e. The zero-order valence-corrected chi connectivity index (χ0v) is 9.21. The highest BCUT2D eigenvalue weighted by Gasteiger charge is 2.13. The molecule has 1 aromatic rings. The average molecular weight is 210 g/mol. The first kappa shape index (κ1) is 11.6. The molecule has 0 fully saturated rings. The Bertz CT molecular complexity index is 321. The summed E-state index contributed by atoms with van der Waals surface area (Å²) in [4.78, 5) is 11.6. The van der Waals surface area contributed by atoms with Crippen LogP contribution in [-0.2, 0) is 0 Å². The average Bonchev–Trinajstić information content (AvgIpc) is 2.61. The molecule has 1 heterocycles. The number of aromatic nitrogens is 2. The maximum absolute atomic E-state index is 11.6. The molecule has 4 N–H and O–H groups in total. The number of anilines is 1. The first-order valence-corrected chi connectivity index (χ1v) is 5.24. The third kappa shape index (κ3) is 3.27. The molecule has 15 heavy (non-hydrogen) atoms. The summed E-state index contributed by atoms with van der Waals surface area (Å²) in [7, 11) is 0. The lowest BCUT2D eigenvalue weighted by molar-refractivity contribution is 0.0939. The Kier molecular flexibility index (Phi) is 4.15. The summed E-state index contributed by atoms with van der Waals surface area (Å²) in [5.74, 6) is 0.153. The van der Waals surface area contributed by atoms with Gasteiger partial charge in [0.2, 0.25) is 0 Å². The lowest BCUT2D eigenvalue weighted by Gasteiger charge is -2.12. The highest BCUT2D eigenvalue weighted by Crippen LogP contribution is 2.07. The first-order valence-electron chi connectivity index (χ1n) is 5.24. The summed E-state index contributed by atoms with van der Waals surface area (Å²) >= 11 is 0. The Balaban J connectivity index is 2.46. The second-order valence-corrected chi connectivity index (χ2v) is 3.71. The first-order chi connectivity index (χ1) is 7.15.